The third kappa shape index (κ3) is 5.90. The molecule has 0 saturated heterocycles. The number of hydrogen-bond donors (Lipinski definition) is 0. The molecule has 0 N–H and O–H groups in total. The number of rotatable bonds is 0. The van der Waals surface area contributed by atoms with E-state index in [0.717, 1.165) is 5.92 Å². The summed E-state index contributed by atoms with van der Waals surface area (Å²) < 4.78 is 0. The molecule has 0 nitrogen and oxygen atoms in total. The van der Waals surface area contributed by atoms with Gasteiger partial charge in [0, 0.05) is 0 Å². The van der Waals surface area contributed by atoms with Crippen molar-refractivity contribution in [1.82, 2.24) is 0 Å². The molecular formula is C11H20. The SMILES string of the molecule is CC1=CCC(C)C=C1.CCC. The highest BCUT2D eigenvalue weighted by atomic mass is 14.0. The lowest BCUT2D eigenvalue weighted by Crippen LogP contribution is -1.91. The van der Waals surface area contributed by atoms with Crippen molar-refractivity contribution in [2.24, 2.45) is 5.92 Å². The van der Waals surface area contributed by atoms with Crippen LogP contribution in [0.3, 0.4) is 0 Å². The van der Waals surface area contributed by atoms with Gasteiger partial charge in [-0.2, -0.15) is 0 Å². The van der Waals surface area contributed by atoms with Gasteiger partial charge >= 0.3 is 0 Å². The molecule has 0 heterocycles. The maximum atomic E-state index is 2.28. The maximum absolute atomic E-state index is 2.28. The summed E-state index contributed by atoms with van der Waals surface area (Å²) in [5, 5.41) is 0. The zero-order valence-electron chi connectivity index (χ0n) is 8.22. The lowest BCUT2D eigenvalue weighted by atomic mass is 10.00. The smallest absolute Gasteiger partial charge is 0.0224 e. The van der Waals surface area contributed by atoms with Crippen molar-refractivity contribution >= 4 is 0 Å². The Labute approximate surface area is 71.0 Å². The second-order valence-electron chi connectivity index (χ2n) is 3.23. The first-order chi connectivity index (χ1) is 5.20. The van der Waals surface area contributed by atoms with Gasteiger partial charge in [0.25, 0.3) is 0 Å². The fourth-order valence-electron chi connectivity index (χ4n) is 0.834. The fourth-order valence-corrected chi connectivity index (χ4v) is 0.834. The van der Waals surface area contributed by atoms with Gasteiger partial charge in [0.05, 0.1) is 0 Å². The van der Waals surface area contributed by atoms with E-state index in [1.165, 1.54) is 18.4 Å². The van der Waals surface area contributed by atoms with E-state index in [2.05, 4.69) is 45.9 Å². The summed E-state index contributed by atoms with van der Waals surface area (Å²) in [7, 11) is 0. The summed E-state index contributed by atoms with van der Waals surface area (Å²) in [4.78, 5) is 0. The van der Waals surface area contributed by atoms with Crippen LogP contribution in [0, 0.1) is 5.92 Å². The zero-order chi connectivity index (χ0) is 8.69. The van der Waals surface area contributed by atoms with Crippen LogP contribution in [0.5, 0.6) is 0 Å². The molecule has 64 valence electrons. The van der Waals surface area contributed by atoms with Gasteiger partial charge in [-0.15, -0.1) is 0 Å². The molecule has 0 heteroatoms. The van der Waals surface area contributed by atoms with Crippen LogP contribution in [0.25, 0.3) is 0 Å². The predicted molar refractivity (Wildman–Crippen MR) is 52.6 cm³/mol. The minimum Gasteiger partial charge on any atom is -0.0811 e. The molecule has 0 saturated carbocycles. The second-order valence-corrected chi connectivity index (χ2v) is 3.23. The Morgan fingerprint density at radius 1 is 1.45 bits per heavy atom. The molecule has 0 spiro atoms. The van der Waals surface area contributed by atoms with Gasteiger partial charge in [-0.05, 0) is 19.3 Å². The Bertz CT molecular complexity index is 140. The molecule has 0 radical (unpaired) electrons. The largest absolute Gasteiger partial charge is 0.0811 e. The lowest BCUT2D eigenvalue weighted by Gasteiger charge is -2.06. The molecule has 1 rings (SSSR count). The van der Waals surface area contributed by atoms with Crippen molar-refractivity contribution in [3.05, 3.63) is 23.8 Å². The molecule has 1 aliphatic carbocycles. The Morgan fingerprint density at radius 2 is 2.00 bits per heavy atom. The molecule has 0 amide bonds. The molecule has 11 heavy (non-hydrogen) atoms. The minimum atomic E-state index is 0.763. The Balaban J connectivity index is 0.000000292. The first kappa shape index (κ1) is 10.5. The third-order valence-electron chi connectivity index (χ3n) is 1.50. The Morgan fingerprint density at radius 3 is 2.27 bits per heavy atom. The highest BCUT2D eigenvalue weighted by Gasteiger charge is 1.97. The summed E-state index contributed by atoms with van der Waals surface area (Å²) in [6.45, 7) is 8.63. The molecule has 1 atom stereocenters. The van der Waals surface area contributed by atoms with Crippen molar-refractivity contribution in [2.75, 3.05) is 0 Å². The van der Waals surface area contributed by atoms with Crippen molar-refractivity contribution < 1.29 is 0 Å². The van der Waals surface area contributed by atoms with Crippen molar-refractivity contribution in [3.63, 3.8) is 0 Å². The molecule has 0 aromatic heterocycles. The van der Waals surface area contributed by atoms with Gasteiger partial charge in [0.1, 0.15) is 0 Å². The van der Waals surface area contributed by atoms with Crippen LogP contribution in [0.15, 0.2) is 23.8 Å². The number of allylic oxidation sites excluding steroid dienone is 4. The van der Waals surface area contributed by atoms with Crippen molar-refractivity contribution in [1.29, 1.82) is 0 Å². The second kappa shape index (κ2) is 6.21. The summed E-state index contributed by atoms with van der Waals surface area (Å²) >= 11 is 0. The molecule has 1 aliphatic rings. The molecular weight excluding hydrogens is 132 g/mol. The highest BCUT2D eigenvalue weighted by molar-refractivity contribution is 5.20. The van der Waals surface area contributed by atoms with Crippen LogP contribution >= 0.6 is 0 Å². The zero-order valence-corrected chi connectivity index (χ0v) is 8.22. The van der Waals surface area contributed by atoms with Crippen molar-refractivity contribution in [2.45, 2.75) is 40.5 Å². The normalized spacial score (nSPS) is 21.8. The summed E-state index contributed by atoms with van der Waals surface area (Å²) in [5.41, 5.74) is 1.41. The Kier molecular flexibility index (Phi) is 5.91. The van der Waals surface area contributed by atoms with E-state index in [-0.39, 0.29) is 0 Å². The van der Waals surface area contributed by atoms with E-state index in [1.54, 1.807) is 0 Å². The standard InChI is InChI=1S/C8H12.C3H8/c1-7-3-5-8(2)6-4-7;1-3-2/h3-5,8H,6H2,1-2H3;3H2,1-2H3. The van der Waals surface area contributed by atoms with E-state index in [1.807, 2.05) is 0 Å². The first-order valence-corrected chi connectivity index (χ1v) is 4.55. The Hall–Kier alpha value is -0.520. The molecule has 0 aromatic carbocycles. The van der Waals surface area contributed by atoms with Gasteiger partial charge in [-0.25, -0.2) is 0 Å². The molecule has 0 aliphatic heterocycles. The fraction of sp³-hybridized carbons (Fsp3) is 0.636. The minimum absolute atomic E-state index is 0.763. The van der Waals surface area contributed by atoms with Crippen LogP contribution in [0.1, 0.15) is 40.5 Å². The summed E-state index contributed by atoms with van der Waals surface area (Å²) in [5.74, 6) is 0.763. The van der Waals surface area contributed by atoms with Crippen LogP contribution in [-0.2, 0) is 0 Å². The van der Waals surface area contributed by atoms with E-state index in [4.69, 9.17) is 0 Å². The van der Waals surface area contributed by atoms with E-state index in [9.17, 15) is 0 Å². The van der Waals surface area contributed by atoms with Gasteiger partial charge in [0.15, 0.2) is 0 Å². The van der Waals surface area contributed by atoms with E-state index >= 15 is 0 Å². The average Bonchev–Trinajstić information content (AvgIpc) is 1.97. The van der Waals surface area contributed by atoms with Crippen molar-refractivity contribution in [3.8, 4) is 0 Å². The number of hydrogen-bond acceptors (Lipinski definition) is 0. The van der Waals surface area contributed by atoms with E-state index in [0.29, 0.717) is 0 Å². The maximum Gasteiger partial charge on any atom is -0.0224 e. The lowest BCUT2D eigenvalue weighted by molar-refractivity contribution is 0.731. The molecule has 0 bridgehead atoms. The third-order valence-corrected chi connectivity index (χ3v) is 1.50. The van der Waals surface area contributed by atoms with Crippen LogP contribution in [0.2, 0.25) is 0 Å². The molecule has 1 unspecified atom stereocenters. The van der Waals surface area contributed by atoms with Crippen LogP contribution in [0.4, 0.5) is 0 Å². The summed E-state index contributed by atoms with van der Waals surface area (Å²) in [6, 6.07) is 0. The first-order valence-electron chi connectivity index (χ1n) is 4.55. The van der Waals surface area contributed by atoms with Crippen LogP contribution < -0.4 is 0 Å². The quantitative estimate of drug-likeness (QED) is 0.493. The summed E-state index contributed by atoms with van der Waals surface area (Å²) in [6.07, 6.45) is 9.20. The van der Waals surface area contributed by atoms with E-state index < -0.39 is 0 Å². The highest BCUT2D eigenvalue weighted by Crippen LogP contribution is 2.13. The van der Waals surface area contributed by atoms with Gasteiger partial charge in [0.2, 0.25) is 0 Å². The van der Waals surface area contributed by atoms with Gasteiger partial charge in [-0.3, -0.25) is 0 Å². The van der Waals surface area contributed by atoms with Gasteiger partial charge in [-0.1, -0.05) is 51.0 Å². The molecule has 0 fully saturated rings. The predicted octanol–water partition coefficient (Wildman–Crippen LogP) is 3.95. The molecule has 0 aromatic rings. The van der Waals surface area contributed by atoms with Crippen LogP contribution in [-0.4, -0.2) is 0 Å². The monoisotopic (exact) mass is 152 g/mol. The average molecular weight is 152 g/mol. The van der Waals surface area contributed by atoms with Gasteiger partial charge < -0.3 is 0 Å². The topological polar surface area (TPSA) is 0 Å².